The van der Waals surface area contributed by atoms with E-state index in [-0.39, 0.29) is 12.4 Å². The van der Waals surface area contributed by atoms with Crippen LogP contribution in [0, 0.1) is 0 Å². The third-order valence-electron chi connectivity index (χ3n) is 1.86. The van der Waals surface area contributed by atoms with Gasteiger partial charge in [0.2, 0.25) is 0 Å². The lowest BCUT2D eigenvalue weighted by Crippen LogP contribution is -2.42. The quantitative estimate of drug-likeness (QED) is 0.598. The molecule has 0 saturated heterocycles. The van der Waals surface area contributed by atoms with Crippen molar-refractivity contribution in [3.63, 3.8) is 0 Å². The second kappa shape index (κ2) is 8.31. The molecule has 0 amide bonds. The van der Waals surface area contributed by atoms with Crippen LogP contribution in [0.3, 0.4) is 0 Å². The SMILES string of the molecule is CCN(CC)N(CC)CC.Cl. The molecule has 0 aliphatic heterocycles. The predicted molar refractivity (Wildman–Crippen MR) is 53.1 cm³/mol. The van der Waals surface area contributed by atoms with E-state index in [4.69, 9.17) is 0 Å². The summed E-state index contributed by atoms with van der Waals surface area (Å²) in [6.07, 6.45) is 0. The number of hydrazine groups is 1. The highest BCUT2D eigenvalue weighted by Crippen LogP contribution is 1.95. The fourth-order valence-electron chi connectivity index (χ4n) is 1.25. The van der Waals surface area contributed by atoms with Gasteiger partial charge in [-0.3, -0.25) is 0 Å². The molecule has 0 aromatic rings. The minimum atomic E-state index is 0. The Morgan fingerprint density at radius 1 is 0.636 bits per heavy atom. The van der Waals surface area contributed by atoms with Crippen molar-refractivity contribution < 1.29 is 0 Å². The standard InChI is InChI=1S/C8H20N2.ClH/c1-5-9(6-2)10(7-3)8-4;/h5-8H2,1-4H3;1H. The molecule has 0 rings (SSSR count). The van der Waals surface area contributed by atoms with Gasteiger partial charge in [-0.25, -0.2) is 10.0 Å². The first kappa shape index (κ1) is 13.8. The van der Waals surface area contributed by atoms with Gasteiger partial charge in [-0.15, -0.1) is 12.4 Å². The highest BCUT2D eigenvalue weighted by atomic mass is 35.5. The first-order valence-corrected chi connectivity index (χ1v) is 4.29. The Labute approximate surface area is 76.9 Å². The summed E-state index contributed by atoms with van der Waals surface area (Å²) < 4.78 is 0. The Kier molecular flexibility index (Phi) is 10.4. The Morgan fingerprint density at radius 3 is 0.909 bits per heavy atom. The van der Waals surface area contributed by atoms with E-state index in [1.165, 1.54) is 0 Å². The Hall–Kier alpha value is 0.210. The van der Waals surface area contributed by atoms with Crippen LogP contribution in [0.4, 0.5) is 0 Å². The fraction of sp³-hybridized carbons (Fsp3) is 1.00. The zero-order valence-corrected chi connectivity index (χ0v) is 8.95. The smallest absolute Gasteiger partial charge is 0.0104 e. The first-order valence-electron chi connectivity index (χ1n) is 4.29. The molecule has 0 unspecified atom stereocenters. The Bertz CT molecular complexity index is 60.5. The second-order valence-corrected chi connectivity index (χ2v) is 2.28. The highest BCUT2D eigenvalue weighted by molar-refractivity contribution is 5.85. The van der Waals surface area contributed by atoms with Crippen molar-refractivity contribution in [1.82, 2.24) is 10.0 Å². The summed E-state index contributed by atoms with van der Waals surface area (Å²) in [5.41, 5.74) is 0. The maximum Gasteiger partial charge on any atom is 0.0104 e. The van der Waals surface area contributed by atoms with Crippen LogP contribution in [0.25, 0.3) is 0 Å². The zero-order chi connectivity index (χ0) is 7.98. The lowest BCUT2D eigenvalue weighted by molar-refractivity contribution is -0.00652. The number of hydrogen-bond acceptors (Lipinski definition) is 2. The maximum absolute atomic E-state index is 2.36. The van der Waals surface area contributed by atoms with Crippen molar-refractivity contribution in [1.29, 1.82) is 0 Å². The van der Waals surface area contributed by atoms with Gasteiger partial charge in [-0.1, -0.05) is 27.7 Å². The Morgan fingerprint density at radius 2 is 0.818 bits per heavy atom. The van der Waals surface area contributed by atoms with Crippen LogP contribution < -0.4 is 0 Å². The van der Waals surface area contributed by atoms with Crippen molar-refractivity contribution in [2.75, 3.05) is 26.2 Å². The molecule has 2 nitrogen and oxygen atoms in total. The zero-order valence-electron chi connectivity index (χ0n) is 8.13. The van der Waals surface area contributed by atoms with Gasteiger partial charge in [-0.05, 0) is 0 Å². The van der Waals surface area contributed by atoms with E-state index in [0.717, 1.165) is 26.2 Å². The summed E-state index contributed by atoms with van der Waals surface area (Å²) in [7, 11) is 0. The molecule has 0 heterocycles. The van der Waals surface area contributed by atoms with Crippen molar-refractivity contribution >= 4 is 12.4 Å². The van der Waals surface area contributed by atoms with Gasteiger partial charge in [0.15, 0.2) is 0 Å². The van der Waals surface area contributed by atoms with Crippen LogP contribution in [-0.4, -0.2) is 36.2 Å². The molecule has 11 heavy (non-hydrogen) atoms. The molecule has 0 saturated carbocycles. The van der Waals surface area contributed by atoms with Crippen LogP contribution in [0.2, 0.25) is 0 Å². The van der Waals surface area contributed by atoms with E-state index in [0.29, 0.717) is 0 Å². The number of halogens is 1. The largest absolute Gasteiger partial charge is 0.242 e. The summed E-state index contributed by atoms with van der Waals surface area (Å²) in [6.45, 7) is 13.3. The summed E-state index contributed by atoms with van der Waals surface area (Å²) in [6, 6.07) is 0. The normalized spacial score (nSPS) is 10.4. The van der Waals surface area contributed by atoms with Gasteiger partial charge in [0.1, 0.15) is 0 Å². The third kappa shape index (κ3) is 4.62. The van der Waals surface area contributed by atoms with Crippen molar-refractivity contribution in [2.45, 2.75) is 27.7 Å². The highest BCUT2D eigenvalue weighted by Gasteiger charge is 2.05. The Balaban J connectivity index is 0. The molecule has 0 aliphatic carbocycles. The molecule has 0 aromatic carbocycles. The lowest BCUT2D eigenvalue weighted by Gasteiger charge is -2.31. The topological polar surface area (TPSA) is 6.48 Å². The van der Waals surface area contributed by atoms with Gasteiger partial charge in [-0.2, -0.15) is 0 Å². The first-order chi connectivity index (χ1) is 4.79. The van der Waals surface area contributed by atoms with E-state index in [1.807, 2.05) is 0 Å². The molecular weight excluding hydrogens is 160 g/mol. The number of hydrogen-bond donors (Lipinski definition) is 0. The fourth-order valence-corrected chi connectivity index (χ4v) is 1.25. The number of rotatable bonds is 5. The molecule has 0 spiro atoms. The van der Waals surface area contributed by atoms with E-state index >= 15 is 0 Å². The predicted octanol–water partition coefficient (Wildman–Crippen LogP) is 2.01. The molecule has 0 atom stereocenters. The third-order valence-corrected chi connectivity index (χ3v) is 1.86. The van der Waals surface area contributed by atoms with Crippen LogP contribution in [0.1, 0.15) is 27.7 Å². The van der Waals surface area contributed by atoms with Crippen LogP contribution in [0.5, 0.6) is 0 Å². The van der Waals surface area contributed by atoms with Crippen molar-refractivity contribution in [3.05, 3.63) is 0 Å². The molecule has 0 radical (unpaired) electrons. The van der Waals surface area contributed by atoms with Gasteiger partial charge in [0.25, 0.3) is 0 Å². The van der Waals surface area contributed by atoms with Gasteiger partial charge in [0, 0.05) is 26.2 Å². The monoisotopic (exact) mass is 180 g/mol. The summed E-state index contributed by atoms with van der Waals surface area (Å²) >= 11 is 0. The van der Waals surface area contributed by atoms with Crippen LogP contribution in [-0.2, 0) is 0 Å². The second-order valence-electron chi connectivity index (χ2n) is 2.28. The molecule has 0 aromatic heterocycles. The number of nitrogens with zero attached hydrogens (tertiary/aromatic N) is 2. The van der Waals surface area contributed by atoms with Gasteiger partial charge >= 0.3 is 0 Å². The molecule has 0 N–H and O–H groups in total. The molecule has 0 fully saturated rings. The van der Waals surface area contributed by atoms with E-state index < -0.39 is 0 Å². The van der Waals surface area contributed by atoms with Crippen LogP contribution in [0.15, 0.2) is 0 Å². The molecule has 0 aliphatic rings. The summed E-state index contributed by atoms with van der Waals surface area (Å²) in [5.74, 6) is 0. The molecule has 0 bridgehead atoms. The maximum atomic E-state index is 2.36. The summed E-state index contributed by atoms with van der Waals surface area (Å²) in [5, 5.41) is 4.72. The van der Waals surface area contributed by atoms with E-state index in [1.54, 1.807) is 0 Å². The lowest BCUT2D eigenvalue weighted by atomic mass is 10.5. The van der Waals surface area contributed by atoms with E-state index in [2.05, 4.69) is 37.7 Å². The van der Waals surface area contributed by atoms with Crippen LogP contribution >= 0.6 is 12.4 Å². The minimum absolute atomic E-state index is 0. The van der Waals surface area contributed by atoms with Crippen molar-refractivity contribution in [2.24, 2.45) is 0 Å². The molecule has 70 valence electrons. The van der Waals surface area contributed by atoms with Gasteiger partial charge in [0.05, 0.1) is 0 Å². The minimum Gasteiger partial charge on any atom is -0.242 e. The summed E-state index contributed by atoms with van der Waals surface area (Å²) in [4.78, 5) is 0. The van der Waals surface area contributed by atoms with Crippen molar-refractivity contribution in [3.8, 4) is 0 Å². The average Bonchev–Trinajstić information content (AvgIpc) is 2.00. The molecule has 3 heteroatoms. The molecular formula is C8H21ClN2. The van der Waals surface area contributed by atoms with E-state index in [9.17, 15) is 0 Å². The van der Waals surface area contributed by atoms with Gasteiger partial charge < -0.3 is 0 Å². The average molecular weight is 181 g/mol.